The monoisotopic (exact) mass is 357 g/mol. The van der Waals surface area contributed by atoms with Crippen molar-refractivity contribution in [2.45, 2.75) is 20.8 Å². The largest absolute Gasteiger partial charge is 0.103 e. The van der Waals surface area contributed by atoms with Crippen LogP contribution in [-0.4, -0.2) is 25.9 Å². The van der Waals surface area contributed by atoms with Crippen LogP contribution in [0.1, 0.15) is 16.7 Å². The quantitative estimate of drug-likeness (QED) is 0.615. The van der Waals surface area contributed by atoms with Crippen molar-refractivity contribution in [3.05, 3.63) is 89.5 Å². The van der Waals surface area contributed by atoms with Gasteiger partial charge in [0.05, 0.1) is 9.04 Å². The Morgan fingerprint density at radius 1 is 0.542 bits per heavy atom. The van der Waals surface area contributed by atoms with Crippen LogP contribution in [0.5, 0.6) is 0 Å². The zero-order valence-corrected chi connectivity index (χ0v) is 17.4. The smallest absolute Gasteiger partial charge is 0.0681 e. The lowest BCUT2D eigenvalue weighted by Gasteiger charge is -2.16. The first kappa shape index (κ1) is 17.1. The highest BCUT2D eigenvalue weighted by Gasteiger charge is 2.17. The zero-order chi connectivity index (χ0) is 16.9. The fourth-order valence-electron chi connectivity index (χ4n) is 2.52. The van der Waals surface area contributed by atoms with Gasteiger partial charge >= 0.3 is 0 Å². The second kappa shape index (κ2) is 7.92. The van der Waals surface area contributed by atoms with Gasteiger partial charge in [0.1, 0.15) is 8.31 Å². The summed E-state index contributed by atoms with van der Waals surface area (Å²) in [7, 11) is 1.18. The fourth-order valence-corrected chi connectivity index (χ4v) is 12.9. The van der Waals surface area contributed by atoms with Crippen LogP contribution >= 0.6 is 0 Å². The standard InChI is InChI=1S/C21H21Si3/c1-16-4-10-19(11-5-16)22-23-24(20-12-6-17(2)7-13-20)21-14-8-18(3)9-15-21/h4-15H,1-3H3. The maximum absolute atomic E-state index is 2.34. The van der Waals surface area contributed by atoms with Gasteiger partial charge in [-0.2, -0.15) is 0 Å². The highest BCUT2D eigenvalue weighted by Crippen LogP contribution is 1.99. The minimum Gasteiger partial charge on any atom is -0.0681 e. The summed E-state index contributed by atoms with van der Waals surface area (Å²) >= 11 is 0. The van der Waals surface area contributed by atoms with E-state index in [0.29, 0.717) is 0 Å². The first-order chi connectivity index (χ1) is 11.6. The van der Waals surface area contributed by atoms with Crippen LogP contribution < -0.4 is 15.6 Å². The van der Waals surface area contributed by atoms with Gasteiger partial charge < -0.3 is 0 Å². The van der Waals surface area contributed by atoms with Gasteiger partial charge in [0.25, 0.3) is 0 Å². The van der Waals surface area contributed by atoms with Crippen molar-refractivity contribution in [2.75, 3.05) is 0 Å². The average Bonchev–Trinajstić information content (AvgIpc) is 2.59. The molecule has 0 aliphatic rings. The molecule has 0 fully saturated rings. The van der Waals surface area contributed by atoms with Crippen LogP contribution in [-0.2, 0) is 0 Å². The minimum atomic E-state index is -0.700. The molecule has 0 unspecified atom stereocenters. The Balaban J connectivity index is 1.85. The Bertz CT molecular complexity index is 729. The van der Waals surface area contributed by atoms with Gasteiger partial charge in [0.2, 0.25) is 0 Å². The topological polar surface area (TPSA) is 0 Å². The third-order valence-corrected chi connectivity index (χ3v) is 14.0. The SMILES string of the molecule is Cc1ccc([Si][Si][Si](c2ccc(C)cc2)c2ccc(C)cc2)cc1. The lowest BCUT2D eigenvalue weighted by atomic mass is 10.2. The zero-order valence-electron chi connectivity index (χ0n) is 14.4. The molecule has 0 heterocycles. The first-order valence-corrected chi connectivity index (χ1v) is 13.7. The maximum Gasteiger partial charge on any atom is 0.103 e. The number of rotatable bonds is 5. The molecule has 0 saturated heterocycles. The molecule has 3 rings (SSSR count). The Morgan fingerprint density at radius 2 is 0.917 bits per heavy atom. The van der Waals surface area contributed by atoms with E-state index in [-0.39, 0.29) is 0 Å². The van der Waals surface area contributed by atoms with E-state index in [0.717, 1.165) is 17.6 Å². The van der Waals surface area contributed by atoms with Gasteiger partial charge in [-0.3, -0.25) is 0 Å². The maximum atomic E-state index is 2.34. The molecule has 0 atom stereocenters. The van der Waals surface area contributed by atoms with Crippen LogP contribution in [0, 0.1) is 20.8 Å². The third kappa shape index (κ3) is 4.44. The van der Waals surface area contributed by atoms with E-state index in [1.807, 2.05) is 0 Å². The molecular formula is C21H21Si3. The molecule has 24 heavy (non-hydrogen) atoms. The highest BCUT2D eigenvalue weighted by molar-refractivity contribution is 7.45. The van der Waals surface area contributed by atoms with Crippen molar-refractivity contribution in [3.8, 4) is 0 Å². The predicted octanol–water partition coefficient (Wildman–Crippen LogP) is 2.37. The summed E-state index contributed by atoms with van der Waals surface area (Å²) in [6.07, 6.45) is 0. The van der Waals surface area contributed by atoms with Crippen LogP contribution in [0.25, 0.3) is 0 Å². The van der Waals surface area contributed by atoms with Gasteiger partial charge in [-0.1, -0.05) is 105 Å². The van der Waals surface area contributed by atoms with Crippen LogP contribution in [0.15, 0.2) is 72.8 Å². The molecule has 5 radical (unpaired) electrons. The first-order valence-electron chi connectivity index (χ1n) is 8.21. The fraction of sp³-hybridized carbons (Fsp3) is 0.143. The van der Waals surface area contributed by atoms with Crippen molar-refractivity contribution in [2.24, 2.45) is 0 Å². The third-order valence-electron chi connectivity index (χ3n) is 4.06. The van der Waals surface area contributed by atoms with E-state index >= 15 is 0 Å². The van der Waals surface area contributed by atoms with E-state index in [2.05, 4.69) is 93.6 Å². The Labute approximate surface area is 151 Å². The molecule has 0 spiro atoms. The van der Waals surface area contributed by atoms with Crippen LogP contribution in [0.3, 0.4) is 0 Å². The summed E-state index contributed by atoms with van der Waals surface area (Å²) in [6.45, 7) is 6.49. The number of aryl methyl sites for hydroxylation is 3. The molecule has 3 heteroatoms. The van der Waals surface area contributed by atoms with E-state index < -0.39 is 8.31 Å². The summed E-state index contributed by atoms with van der Waals surface area (Å²) < 4.78 is 0. The number of hydrogen-bond acceptors (Lipinski definition) is 0. The van der Waals surface area contributed by atoms with E-state index in [9.17, 15) is 0 Å². The van der Waals surface area contributed by atoms with E-state index in [4.69, 9.17) is 0 Å². The summed E-state index contributed by atoms with van der Waals surface area (Å²) in [6, 6.07) is 27.5. The van der Waals surface area contributed by atoms with Crippen LogP contribution in [0.2, 0.25) is 0 Å². The van der Waals surface area contributed by atoms with Crippen molar-refractivity contribution in [3.63, 3.8) is 0 Å². The van der Waals surface area contributed by atoms with Gasteiger partial charge in [-0.05, 0) is 20.8 Å². The van der Waals surface area contributed by atoms with Gasteiger partial charge in [-0.15, -0.1) is 0 Å². The molecule has 0 saturated carbocycles. The van der Waals surface area contributed by atoms with E-state index in [1.165, 1.54) is 32.3 Å². The Morgan fingerprint density at radius 3 is 1.33 bits per heavy atom. The lowest BCUT2D eigenvalue weighted by Crippen LogP contribution is -2.51. The van der Waals surface area contributed by atoms with Gasteiger partial charge in [-0.25, -0.2) is 0 Å². The Kier molecular flexibility index (Phi) is 5.66. The molecular weight excluding hydrogens is 336 g/mol. The van der Waals surface area contributed by atoms with Crippen molar-refractivity contribution in [1.29, 1.82) is 0 Å². The van der Waals surface area contributed by atoms with Crippen molar-refractivity contribution in [1.82, 2.24) is 0 Å². The average molecular weight is 358 g/mol. The summed E-state index contributed by atoms with van der Waals surface area (Å²) in [5.74, 6) is 0. The molecule has 0 amide bonds. The Hall–Kier alpha value is -1.69. The lowest BCUT2D eigenvalue weighted by molar-refractivity contribution is 1.48. The molecule has 0 N–H and O–H groups in total. The van der Waals surface area contributed by atoms with Crippen molar-refractivity contribution < 1.29 is 0 Å². The van der Waals surface area contributed by atoms with Gasteiger partial charge in [0, 0.05) is 8.55 Å². The molecule has 3 aromatic carbocycles. The molecule has 117 valence electrons. The minimum absolute atomic E-state index is 0.700. The van der Waals surface area contributed by atoms with Crippen molar-refractivity contribution >= 4 is 41.5 Å². The van der Waals surface area contributed by atoms with E-state index in [1.54, 1.807) is 0 Å². The molecule has 0 aliphatic carbocycles. The normalized spacial score (nSPS) is 11.0. The predicted molar refractivity (Wildman–Crippen MR) is 110 cm³/mol. The molecule has 0 nitrogen and oxygen atoms in total. The van der Waals surface area contributed by atoms with Crippen LogP contribution in [0.4, 0.5) is 0 Å². The molecule has 3 aromatic rings. The summed E-state index contributed by atoms with van der Waals surface area (Å²) in [5, 5.41) is 4.56. The second-order valence-electron chi connectivity index (χ2n) is 6.22. The number of hydrogen-bond donors (Lipinski definition) is 0. The highest BCUT2D eigenvalue weighted by atomic mass is 29.5. The molecule has 0 bridgehead atoms. The second-order valence-corrected chi connectivity index (χ2v) is 14.5. The summed E-state index contributed by atoms with van der Waals surface area (Å²) in [5.41, 5.74) is 4.02. The summed E-state index contributed by atoms with van der Waals surface area (Å²) in [4.78, 5) is 0. The molecule has 0 aliphatic heterocycles. The number of benzene rings is 3. The molecule has 0 aromatic heterocycles. The van der Waals surface area contributed by atoms with Gasteiger partial charge in [0.15, 0.2) is 0 Å².